The minimum Gasteiger partial charge on any atom is -0.494 e. The average molecular weight is 208 g/mol. The molecule has 0 spiro atoms. The van der Waals surface area contributed by atoms with Crippen molar-refractivity contribution in [2.24, 2.45) is 0 Å². The first-order valence-corrected chi connectivity index (χ1v) is 5.68. The van der Waals surface area contributed by atoms with Gasteiger partial charge in [0.15, 0.2) is 0 Å². The van der Waals surface area contributed by atoms with Crippen LogP contribution < -0.4 is 4.74 Å². The van der Waals surface area contributed by atoms with E-state index in [-0.39, 0.29) is 6.10 Å². The summed E-state index contributed by atoms with van der Waals surface area (Å²) in [5, 5.41) is 9.59. The van der Waals surface area contributed by atoms with Crippen LogP contribution in [0, 0.1) is 0 Å². The van der Waals surface area contributed by atoms with Gasteiger partial charge in [-0.1, -0.05) is 32.4 Å². The molecule has 0 fully saturated rings. The summed E-state index contributed by atoms with van der Waals surface area (Å²) in [5.41, 5.74) is 0.959. The van der Waals surface area contributed by atoms with Crippen LogP contribution in [0.1, 0.15) is 44.8 Å². The lowest BCUT2D eigenvalue weighted by molar-refractivity contribution is 0.173. The standard InChI is InChI=1S/C13H20O2/c1-3-5-10-15-12-8-6-11(7-9-12)13(14)4-2/h6-9,13-14H,3-5,10H2,1-2H3/t13-/m0/s1. The Kier molecular flexibility index (Phi) is 5.19. The molecule has 0 radical (unpaired) electrons. The maximum Gasteiger partial charge on any atom is 0.119 e. The largest absolute Gasteiger partial charge is 0.494 e. The fraction of sp³-hybridized carbons (Fsp3) is 0.538. The van der Waals surface area contributed by atoms with Crippen LogP contribution >= 0.6 is 0 Å². The molecule has 1 aromatic carbocycles. The summed E-state index contributed by atoms with van der Waals surface area (Å²) >= 11 is 0. The van der Waals surface area contributed by atoms with Crippen LogP contribution in [0.25, 0.3) is 0 Å². The van der Waals surface area contributed by atoms with Crippen molar-refractivity contribution in [2.75, 3.05) is 6.61 Å². The van der Waals surface area contributed by atoms with Gasteiger partial charge in [-0.2, -0.15) is 0 Å². The van der Waals surface area contributed by atoms with E-state index in [1.54, 1.807) is 0 Å². The maximum atomic E-state index is 9.59. The third-order valence-corrected chi connectivity index (χ3v) is 2.42. The Morgan fingerprint density at radius 2 is 1.87 bits per heavy atom. The van der Waals surface area contributed by atoms with Gasteiger partial charge in [-0.05, 0) is 30.5 Å². The van der Waals surface area contributed by atoms with E-state index in [2.05, 4.69) is 6.92 Å². The van der Waals surface area contributed by atoms with E-state index in [9.17, 15) is 5.11 Å². The van der Waals surface area contributed by atoms with Gasteiger partial charge < -0.3 is 9.84 Å². The van der Waals surface area contributed by atoms with E-state index >= 15 is 0 Å². The van der Waals surface area contributed by atoms with Crippen LogP contribution in [0.2, 0.25) is 0 Å². The summed E-state index contributed by atoms with van der Waals surface area (Å²) in [6, 6.07) is 7.69. The Labute approximate surface area is 91.9 Å². The molecule has 2 nitrogen and oxygen atoms in total. The van der Waals surface area contributed by atoms with Gasteiger partial charge in [0.1, 0.15) is 5.75 Å². The highest BCUT2D eigenvalue weighted by atomic mass is 16.5. The Morgan fingerprint density at radius 3 is 2.40 bits per heavy atom. The number of aliphatic hydroxyl groups is 1. The zero-order valence-corrected chi connectivity index (χ0v) is 9.57. The zero-order valence-electron chi connectivity index (χ0n) is 9.57. The number of hydrogen-bond donors (Lipinski definition) is 1. The molecule has 0 aliphatic rings. The Morgan fingerprint density at radius 1 is 1.20 bits per heavy atom. The van der Waals surface area contributed by atoms with Crippen molar-refractivity contribution in [1.82, 2.24) is 0 Å². The van der Waals surface area contributed by atoms with Gasteiger partial charge in [-0.3, -0.25) is 0 Å². The molecule has 1 atom stereocenters. The lowest BCUT2D eigenvalue weighted by atomic mass is 10.1. The van der Waals surface area contributed by atoms with Crippen molar-refractivity contribution in [2.45, 2.75) is 39.2 Å². The van der Waals surface area contributed by atoms with Crippen LogP contribution in [0.15, 0.2) is 24.3 Å². The molecular weight excluding hydrogens is 188 g/mol. The summed E-state index contributed by atoms with van der Waals surface area (Å²) < 4.78 is 5.53. The van der Waals surface area contributed by atoms with Gasteiger partial charge in [0.25, 0.3) is 0 Å². The maximum absolute atomic E-state index is 9.59. The zero-order chi connectivity index (χ0) is 11.1. The van der Waals surface area contributed by atoms with Crippen LogP contribution in [-0.4, -0.2) is 11.7 Å². The second kappa shape index (κ2) is 6.46. The summed E-state index contributed by atoms with van der Waals surface area (Å²) in [7, 11) is 0. The molecule has 1 rings (SSSR count). The predicted octanol–water partition coefficient (Wildman–Crippen LogP) is 3.31. The highest BCUT2D eigenvalue weighted by molar-refractivity contribution is 5.28. The molecule has 1 N–H and O–H groups in total. The Balaban J connectivity index is 2.49. The molecular formula is C13H20O2. The molecule has 2 heteroatoms. The Bertz CT molecular complexity index is 266. The molecule has 0 heterocycles. The molecule has 0 bridgehead atoms. The van der Waals surface area contributed by atoms with Crippen molar-refractivity contribution < 1.29 is 9.84 Å². The molecule has 1 aromatic rings. The number of aliphatic hydroxyl groups excluding tert-OH is 1. The predicted molar refractivity (Wildman–Crippen MR) is 62.1 cm³/mol. The third kappa shape index (κ3) is 3.92. The molecule has 0 unspecified atom stereocenters. The molecule has 84 valence electrons. The monoisotopic (exact) mass is 208 g/mol. The molecule has 15 heavy (non-hydrogen) atoms. The highest BCUT2D eigenvalue weighted by Crippen LogP contribution is 2.19. The highest BCUT2D eigenvalue weighted by Gasteiger charge is 2.03. The SMILES string of the molecule is CCCCOc1ccc([C@@H](O)CC)cc1. The van der Waals surface area contributed by atoms with Crippen molar-refractivity contribution >= 4 is 0 Å². The van der Waals surface area contributed by atoms with Crippen LogP contribution in [0.4, 0.5) is 0 Å². The summed E-state index contributed by atoms with van der Waals surface area (Å²) in [4.78, 5) is 0. The van der Waals surface area contributed by atoms with E-state index < -0.39 is 0 Å². The molecule has 0 saturated carbocycles. The fourth-order valence-corrected chi connectivity index (χ4v) is 1.36. The quantitative estimate of drug-likeness (QED) is 0.727. The van der Waals surface area contributed by atoms with E-state index in [1.165, 1.54) is 0 Å². The van der Waals surface area contributed by atoms with E-state index in [0.29, 0.717) is 0 Å². The number of rotatable bonds is 6. The third-order valence-electron chi connectivity index (χ3n) is 2.42. The van der Waals surface area contributed by atoms with Crippen molar-refractivity contribution in [1.29, 1.82) is 0 Å². The van der Waals surface area contributed by atoms with Gasteiger partial charge >= 0.3 is 0 Å². The van der Waals surface area contributed by atoms with E-state index in [4.69, 9.17) is 4.74 Å². The van der Waals surface area contributed by atoms with Gasteiger partial charge in [-0.15, -0.1) is 0 Å². The number of ether oxygens (including phenoxy) is 1. The van der Waals surface area contributed by atoms with Crippen molar-refractivity contribution in [3.8, 4) is 5.75 Å². The topological polar surface area (TPSA) is 29.5 Å². The fourth-order valence-electron chi connectivity index (χ4n) is 1.36. The first-order valence-electron chi connectivity index (χ1n) is 5.68. The normalized spacial score (nSPS) is 12.5. The van der Waals surface area contributed by atoms with Crippen molar-refractivity contribution in [3.05, 3.63) is 29.8 Å². The second-order valence-electron chi connectivity index (χ2n) is 3.70. The van der Waals surface area contributed by atoms with Crippen LogP contribution in [-0.2, 0) is 0 Å². The minimum absolute atomic E-state index is 0.352. The number of unbranched alkanes of at least 4 members (excludes halogenated alkanes) is 1. The molecule has 0 aliphatic carbocycles. The van der Waals surface area contributed by atoms with E-state index in [1.807, 2.05) is 31.2 Å². The lowest BCUT2D eigenvalue weighted by Gasteiger charge is -2.09. The van der Waals surface area contributed by atoms with Crippen LogP contribution in [0.3, 0.4) is 0 Å². The Hall–Kier alpha value is -1.02. The summed E-state index contributed by atoms with van der Waals surface area (Å²) in [6.45, 7) is 4.88. The van der Waals surface area contributed by atoms with Gasteiger partial charge in [0.2, 0.25) is 0 Å². The smallest absolute Gasteiger partial charge is 0.119 e. The first-order chi connectivity index (χ1) is 7.27. The lowest BCUT2D eigenvalue weighted by Crippen LogP contribution is -1.98. The van der Waals surface area contributed by atoms with Gasteiger partial charge in [-0.25, -0.2) is 0 Å². The summed E-state index contributed by atoms with van der Waals surface area (Å²) in [6.07, 6.45) is 2.62. The minimum atomic E-state index is -0.352. The number of hydrogen-bond acceptors (Lipinski definition) is 2. The number of benzene rings is 1. The van der Waals surface area contributed by atoms with Crippen LogP contribution in [0.5, 0.6) is 5.75 Å². The van der Waals surface area contributed by atoms with Gasteiger partial charge in [0.05, 0.1) is 12.7 Å². The first kappa shape index (κ1) is 12.1. The van der Waals surface area contributed by atoms with E-state index in [0.717, 1.165) is 37.2 Å². The summed E-state index contributed by atoms with van der Waals surface area (Å²) in [5.74, 6) is 0.885. The molecule has 0 saturated heterocycles. The molecule has 0 aliphatic heterocycles. The average Bonchev–Trinajstić information content (AvgIpc) is 2.29. The second-order valence-corrected chi connectivity index (χ2v) is 3.70. The van der Waals surface area contributed by atoms with Gasteiger partial charge in [0, 0.05) is 0 Å². The molecule has 0 amide bonds. The molecule has 0 aromatic heterocycles. The van der Waals surface area contributed by atoms with Crippen molar-refractivity contribution in [3.63, 3.8) is 0 Å².